The number of benzene rings is 2. The highest BCUT2D eigenvalue weighted by molar-refractivity contribution is 5.91. The number of para-hydroxylation sites is 1. The molecule has 4 rings (SSSR count). The second kappa shape index (κ2) is 6.79. The number of nitrogens with one attached hydrogen (secondary N) is 1. The number of hydrogen-bond acceptors (Lipinski definition) is 6. The van der Waals surface area contributed by atoms with E-state index in [1.165, 1.54) is 15.7 Å². The van der Waals surface area contributed by atoms with E-state index >= 15 is 0 Å². The fourth-order valence-corrected chi connectivity index (χ4v) is 2.71. The minimum atomic E-state index is -0.335. The van der Waals surface area contributed by atoms with Crippen LogP contribution in [0.3, 0.4) is 0 Å². The van der Waals surface area contributed by atoms with E-state index in [1.54, 1.807) is 43.4 Å². The van der Waals surface area contributed by atoms with Crippen LogP contribution in [0.1, 0.15) is 0 Å². The molecule has 134 valence electrons. The zero-order valence-electron chi connectivity index (χ0n) is 14.4. The summed E-state index contributed by atoms with van der Waals surface area (Å²) in [6, 6.07) is 14.1. The van der Waals surface area contributed by atoms with Crippen molar-refractivity contribution in [2.24, 2.45) is 7.05 Å². The van der Waals surface area contributed by atoms with Gasteiger partial charge in [0.05, 0.1) is 24.3 Å². The van der Waals surface area contributed by atoms with Gasteiger partial charge in [-0.1, -0.05) is 24.3 Å². The summed E-state index contributed by atoms with van der Waals surface area (Å²) >= 11 is 0. The van der Waals surface area contributed by atoms with E-state index in [0.717, 1.165) is 5.56 Å². The quantitative estimate of drug-likeness (QED) is 0.586. The zero-order chi connectivity index (χ0) is 18.8. The lowest BCUT2D eigenvalue weighted by Gasteiger charge is -2.08. The van der Waals surface area contributed by atoms with Crippen molar-refractivity contribution >= 4 is 22.5 Å². The molecule has 1 N–H and O–H groups in total. The molecule has 2 aromatic carbocycles. The standard InChI is InChI=1S/C18H15N7O2/c1-24-22-17(21-23-24)12-5-4-6-13(9-12)20-16(26)10-25-11-19-15-8-3-2-7-14(15)18(25)27/h2-9,11H,10H2,1H3,(H,20,26). The maximum atomic E-state index is 12.5. The first-order chi connectivity index (χ1) is 13.1. The summed E-state index contributed by atoms with van der Waals surface area (Å²) in [6.45, 7) is -0.135. The van der Waals surface area contributed by atoms with E-state index in [-0.39, 0.29) is 18.0 Å². The monoisotopic (exact) mass is 361 g/mol. The molecule has 0 saturated carbocycles. The molecule has 0 fully saturated rings. The van der Waals surface area contributed by atoms with Gasteiger partial charge in [0.2, 0.25) is 11.7 Å². The van der Waals surface area contributed by atoms with Crippen molar-refractivity contribution in [1.29, 1.82) is 0 Å². The molecule has 0 aliphatic rings. The highest BCUT2D eigenvalue weighted by Crippen LogP contribution is 2.18. The Labute approximate surface area is 153 Å². The van der Waals surface area contributed by atoms with E-state index < -0.39 is 0 Å². The van der Waals surface area contributed by atoms with Gasteiger partial charge in [0, 0.05) is 11.3 Å². The lowest BCUT2D eigenvalue weighted by Crippen LogP contribution is -2.27. The highest BCUT2D eigenvalue weighted by Gasteiger charge is 2.10. The Morgan fingerprint density at radius 3 is 2.81 bits per heavy atom. The fourth-order valence-electron chi connectivity index (χ4n) is 2.71. The molecule has 0 bridgehead atoms. The SMILES string of the molecule is Cn1nnc(-c2cccc(NC(=O)Cn3cnc4ccccc4c3=O)c2)n1. The van der Waals surface area contributed by atoms with Crippen molar-refractivity contribution in [3.8, 4) is 11.4 Å². The molecule has 0 radical (unpaired) electrons. The van der Waals surface area contributed by atoms with Gasteiger partial charge in [0.25, 0.3) is 5.56 Å². The van der Waals surface area contributed by atoms with Crippen LogP contribution >= 0.6 is 0 Å². The smallest absolute Gasteiger partial charge is 0.261 e. The third-order valence-corrected chi connectivity index (χ3v) is 3.96. The van der Waals surface area contributed by atoms with Crippen molar-refractivity contribution in [3.63, 3.8) is 0 Å². The van der Waals surface area contributed by atoms with Crippen LogP contribution in [0.5, 0.6) is 0 Å². The molecule has 0 unspecified atom stereocenters. The van der Waals surface area contributed by atoms with E-state index in [0.29, 0.717) is 22.4 Å². The summed E-state index contributed by atoms with van der Waals surface area (Å²) in [5.74, 6) is 0.127. The summed E-state index contributed by atoms with van der Waals surface area (Å²) in [5, 5.41) is 15.1. The molecule has 9 nitrogen and oxygen atoms in total. The van der Waals surface area contributed by atoms with Crippen molar-refractivity contribution < 1.29 is 4.79 Å². The lowest BCUT2D eigenvalue weighted by molar-refractivity contribution is -0.116. The van der Waals surface area contributed by atoms with Crippen molar-refractivity contribution in [3.05, 3.63) is 65.2 Å². The molecule has 2 aromatic heterocycles. The van der Waals surface area contributed by atoms with Crippen molar-refractivity contribution in [2.45, 2.75) is 6.54 Å². The first kappa shape index (κ1) is 16.6. The highest BCUT2D eigenvalue weighted by atomic mass is 16.2. The summed E-state index contributed by atoms with van der Waals surface area (Å²) in [4.78, 5) is 30.4. The minimum absolute atomic E-state index is 0.135. The van der Waals surface area contributed by atoms with E-state index in [4.69, 9.17) is 0 Å². The van der Waals surface area contributed by atoms with Gasteiger partial charge in [0.15, 0.2) is 0 Å². The maximum Gasteiger partial charge on any atom is 0.261 e. The minimum Gasteiger partial charge on any atom is -0.325 e. The molecule has 27 heavy (non-hydrogen) atoms. The van der Waals surface area contributed by atoms with Crippen LogP contribution in [0.15, 0.2) is 59.7 Å². The Morgan fingerprint density at radius 2 is 2.00 bits per heavy atom. The van der Waals surface area contributed by atoms with Crippen LogP contribution in [-0.2, 0) is 18.4 Å². The third-order valence-electron chi connectivity index (χ3n) is 3.96. The van der Waals surface area contributed by atoms with Gasteiger partial charge in [-0.15, -0.1) is 10.2 Å². The van der Waals surface area contributed by atoms with Crippen LogP contribution < -0.4 is 10.9 Å². The number of carbonyl (C=O) groups excluding carboxylic acids is 1. The molecule has 0 atom stereocenters. The number of anilines is 1. The van der Waals surface area contributed by atoms with Crippen LogP contribution in [0.2, 0.25) is 0 Å². The maximum absolute atomic E-state index is 12.5. The van der Waals surface area contributed by atoms with Gasteiger partial charge < -0.3 is 5.32 Å². The molecule has 9 heteroatoms. The molecule has 0 saturated heterocycles. The van der Waals surface area contributed by atoms with Gasteiger partial charge >= 0.3 is 0 Å². The van der Waals surface area contributed by atoms with Crippen LogP contribution in [-0.4, -0.2) is 35.7 Å². The average molecular weight is 361 g/mol. The molecule has 1 amide bonds. The predicted octanol–water partition coefficient (Wildman–Crippen LogP) is 1.23. The normalized spacial score (nSPS) is 10.9. The van der Waals surface area contributed by atoms with Gasteiger partial charge in [-0.3, -0.25) is 14.2 Å². The van der Waals surface area contributed by atoms with Gasteiger partial charge in [0.1, 0.15) is 6.54 Å². The molecule has 0 aliphatic carbocycles. The zero-order valence-corrected chi connectivity index (χ0v) is 14.4. The Balaban J connectivity index is 1.53. The Hall–Kier alpha value is -3.88. The lowest BCUT2D eigenvalue weighted by atomic mass is 10.2. The second-order valence-corrected chi connectivity index (χ2v) is 5.93. The van der Waals surface area contributed by atoms with Crippen LogP contribution in [0.25, 0.3) is 22.3 Å². The topological polar surface area (TPSA) is 108 Å². The fraction of sp³-hybridized carbons (Fsp3) is 0.111. The number of nitrogens with zero attached hydrogens (tertiary/aromatic N) is 6. The number of fused-ring (bicyclic) bond motifs is 1. The Bertz CT molecular complexity index is 1200. The van der Waals surface area contributed by atoms with Crippen LogP contribution in [0, 0.1) is 0 Å². The number of tetrazole rings is 1. The number of carbonyl (C=O) groups is 1. The number of aryl methyl sites for hydroxylation is 1. The molecule has 4 aromatic rings. The van der Waals surface area contributed by atoms with Gasteiger partial charge in [-0.05, 0) is 29.5 Å². The number of amides is 1. The molecular formula is C18H15N7O2. The van der Waals surface area contributed by atoms with Crippen LogP contribution in [0.4, 0.5) is 5.69 Å². The first-order valence-corrected chi connectivity index (χ1v) is 8.18. The molecule has 2 heterocycles. The Morgan fingerprint density at radius 1 is 1.15 bits per heavy atom. The van der Waals surface area contributed by atoms with Crippen molar-refractivity contribution in [1.82, 2.24) is 29.8 Å². The van der Waals surface area contributed by atoms with Gasteiger partial charge in [-0.25, -0.2) is 4.98 Å². The number of hydrogen-bond donors (Lipinski definition) is 1. The van der Waals surface area contributed by atoms with E-state index in [1.807, 2.05) is 12.1 Å². The van der Waals surface area contributed by atoms with E-state index in [2.05, 4.69) is 25.7 Å². The summed E-state index contributed by atoms with van der Waals surface area (Å²) in [7, 11) is 1.68. The molecule has 0 spiro atoms. The summed E-state index contributed by atoms with van der Waals surface area (Å²) in [5.41, 5.74) is 1.65. The Kier molecular flexibility index (Phi) is 4.17. The molecule has 0 aliphatic heterocycles. The molecular weight excluding hydrogens is 346 g/mol. The number of rotatable bonds is 4. The van der Waals surface area contributed by atoms with Crippen molar-refractivity contribution in [2.75, 3.05) is 5.32 Å². The third kappa shape index (κ3) is 3.43. The summed E-state index contributed by atoms with van der Waals surface area (Å²) in [6.07, 6.45) is 1.38. The number of aromatic nitrogens is 6. The first-order valence-electron chi connectivity index (χ1n) is 8.18. The second-order valence-electron chi connectivity index (χ2n) is 5.93. The predicted molar refractivity (Wildman–Crippen MR) is 98.9 cm³/mol. The average Bonchev–Trinajstić information content (AvgIpc) is 3.11. The summed E-state index contributed by atoms with van der Waals surface area (Å²) < 4.78 is 1.28. The largest absolute Gasteiger partial charge is 0.325 e. The van der Waals surface area contributed by atoms with Gasteiger partial charge in [-0.2, -0.15) is 4.80 Å². The van der Waals surface area contributed by atoms with E-state index in [9.17, 15) is 9.59 Å².